The molecule has 2 aromatic rings. The fourth-order valence-electron chi connectivity index (χ4n) is 3.47. The van der Waals surface area contributed by atoms with Crippen LogP contribution in [0.3, 0.4) is 0 Å². The number of carbonyl (C=O) groups excluding carboxylic acids is 2. The van der Waals surface area contributed by atoms with Gasteiger partial charge in [0.25, 0.3) is 11.7 Å². The van der Waals surface area contributed by atoms with Crippen molar-refractivity contribution in [1.29, 1.82) is 0 Å². The molecule has 0 radical (unpaired) electrons. The van der Waals surface area contributed by atoms with Crippen LogP contribution in [0.25, 0.3) is 5.76 Å². The lowest BCUT2D eigenvalue weighted by Gasteiger charge is -2.25. The van der Waals surface area contributed by atoms with Crippen molar-refractivity contribution in [2.24, 2.45) is 0 Å². The molecule has 0 saturated carbocycles. The molecule has 1 aliphatic heterocycles. The monoisotopic (exact) mass is 450 g/mol. The second kappa shape index (κ2) is 9.47. The van der Waals surface area contributed by atoms with Gasteiger partial charge in [0.1, 0.15) is 11.5 Å². The molecule has 1 N–H and O–H groups in total. The highest BCUT2D eigenvalue weighted by atomic mass is 35.5. The molecule has 0 aliphatic carbocycles. The lowest BCUT2D eigenvalue weighted by atomic mass is 9.95. The van der Waals surface area contributed by atoms with Crippen molar-refractivity contribution in [2.75, 3.05) is 27.4 Å². The van der Waals surface area contributed by atoms with E-state index in [1.807, 2.05) is 0 Å². The molecule has 1 unspecified atom stereocenters. The van der Waals surface area contributed by atoms with Gasteiger partial charge in [0.2, 0.25) is 0 Å². The average Bonchev–Trinajstić information content (AvgIpc) is 2.98. The smallest absolute Gasteiger partial charge is 0.295 e. The lowest BCUT2D eigenvalue weighted by Crippen LogP contribution is -2.31. The van der Waals surface area contributed by atoms with E-state index in [4.69, 9.17) is 32.7 Å². The Labute approximate surface area is 183 Å². The van der Waals surface area contributed by atoms with Gasteiger partial charge in [-0.2, -0.15) is 0 Å². The highest BCUT2D eigenvalue weighted by Crippen LogP contribution is 2.43. The molecular formula is C21H20Cl2N2O5. The molecule has 158 valence electrons. The van der Waals surface area contributed by atoms with Crippen LogP contribution in [0.15, 0.2) is 42.2 Å². The van der Waals surface area contributed by atoms with E-state index < -0.39 is 23.5 Å². The normalized spacial score (nSPS) is 18.1. The first-order valence-electron chi connectivity index (χ1n) is 9.11. The molecule has 30 heavy (non-hydrogen) atoms. The topological polar surface area (TPSA) is 89.0 Å². The molecule has 0 spiro atoms. The van der Waals surface area contributed by atoms with Crippen LogP contribution in [0.5, 0.6) is 5.75 Å². The first kappa shape index (κ1) is 22.1. The van der Waals surface area contributed by atoms with Crippen molar-refractivity contribution >= 4 is 40.7 Å². The number of carbonyl (C=O) groups is 2. The minimum Gasteiger partial charge on any atom is -0.507 e. The number of pyridine rings is 1. The molecule has 1 atom stereocenters. The van der Waals surface area contributed by atoms with E-state index in [2.05, 4.69) is 4.98 Å². The molecule has 2 heterocycles. The summed E-state index contributed by atoms with van der Waals surface area (Å²) in [5, 5.41) is 11.5. The van der Waals surface area contributed by atoms with Gasteiger partial charge < -0.3 is 19.5 Å². The second-order valence-electron chi connectivity index (χ2n) is 6.59. The van der Waals surface area contributed by atoms with Gasteiger partial charge in [0.05, 0.1) is 29.3 Å². The van der Waals surface area contributed by atoms with Crippen LogP contribution in [0.2, 0.25) is 10.0 Å². The van der Waals surface area contributed by atoms with Crippen LogP contribution in [0, 0.1) is 0 Å². The molecule has 1 saturated heterocycles. The fourth-order valence-corrected chi connectivity index (χ4v) is 4.04. The largest absolute Gasteiger partial charge is 0.507 e. The SMILES string of the molecule is COCCCN1C(=O)C(=O)/C(=C(/O)c2cc(Cl)cc(Cl)c2OC)C1c1ccncc1. The van der Waals surface area contributed by atoms with E-state index in [0.717, 1.165) is 0 Å². The van der Waals surface area contributed by atoms with Gasteiger partial charge in [-0.05, 0) is 36.2 Å². The number of methoxy groups -OCH3 is 2. The summed E-state index contributed by atoms with van der Waals surface area (Å²) in [4.78, 5) is 31.2. The first-order valence-corrected chi connectivity index (χ1v) is 9.87. The third-order valence-corrected chi connectivity index (χ3v) is 5.28. The predicted molar refractivity (Wildman–Crippen MR) is 113 cm³/mol. The van der Waals surface area contributed by atoms with Crippen molar-refractivity contribution in [3.63, 3.8) is 0 Å². The highest BCUT2D eigenvalue weighted by Gasteiger charge is 2.46. The molecule has 1 aromatic heterocycles. The number of ether oxygens (including phenoxy) is 2. The summed E-state index contributed by atoms with van der Waals surface area (Å²) in [5.74, 6) is -1.77. The molecule has 3 rings (SSSR count). The zero-order chi connectivity index (χ0) is 21.8. The summed E-state index contributed by atoms with van der Waals surface area (Å²) in [6, 6.07) is 5.48. The number of aliphatic hydroxyl groups excluding tert-OH is 1. The summed E-state index contributed by atoms with van der Waals surface area (Å²) in [7, 11) is 2.94. The maximum atomic E-state index is 13.0. The second-order valence-corrected chi connectivity index (χ2v) is 7.43. The Bertz CT molecular complexity index is 994. The summed E-state index contributed by atoms with van der Waals surface area (Å²) in [6.45, 7) is 0.694. The van der Waals surface area contributed by atoms with E-state index in [1.54, 1.807) is 31.6 Å². The van der Waals surface area contributed by atoms with Gasteiger partial charge in [0, 0.05) is 37.7 Å². The summed E-state index contributed by atoms with van der Waals surface area (Å²) < 4.78 is 10.4. The van der Waals surface area contributed by atoms with Gasteiger partial charge in [-0.3, -0.25) is 14.6 Å². The van der Waals surface area contributed by atoms with Crippen LogP contribution in [0.4, 0.5) is 0 Å². The van der Waals surface area contributed by atoms with E-state index in [-0.39, 0.29) is 33.5 Å². The van der Waals surface area contributed by atoms with Crippen molar-refractivity contribution in [2.45, 2.75) is 12.5 Å². The minimum atomic E-state index is -0.801. The highest BCUT2D eigenvalue weighted by molar-refractivity contribution is 6.46. The van der Waals surface area contributed by atoms with Crippen molar-refractivity contribution in [1.82, 2.24) is 9.88 Å². The lowest BCUT2D eigenvalue weighted by molar-refractivity contribution is -0.140. The molecule has 1 amide bonds. The van der Waals surface area contributed by atoms with Crippen LogP contribution >= 0.6 is 23.2 Å². The maximum absolute atomic E-state index is 13.0. The summed E-state index contributed by atoms with van der Waals surface area (Å²) >= 11 is 12.3. The number of Topliss-reactive ketones (excluding diaryl/α,β-unsaturated/α-hetero) is 1. The predicted octanol–water partition coefficient (Wildman–Crippen LogP) is 3.86. The number of rotatable bonds is 7. The number of aliphatic hydroxyl groups is 1. The van der Waals surface area contributed by atoms with Crippen LogP contribution in [-0.4, -0.2) is 54.1 Å². The number of amides is 1. The minimum absolute atomic E-state index is 0.0692. The third-order valence-electron chi connectivity index (χ3n) is 4.78. The molecule has 9 heteroatoms. The third kappa shape index (κ3) is 4.14. The number of likely N-dealkylation sites (tertiary alicyclic amines) is 1. The number of benzene rings is 1. The van der Waals surface area contributed by atoms with Crippen molar-refractivity contribution < 1.29 is 24.2 Å². The Balaban J connectivity index is 2.20. The molecule has 1 fully saturated rings. The standard InChI is InChI=1S/C21H20Cl2N2O5/c1-29-9-3-8-25-17(12-4-6-24-7-5-12)16(19(27)21(25)28)18(26)14-10-13(22)11-15(23)20(14)30-2/h4-7,10-11,17,26H,3,8-9H2,1-2H3/b18-16+. The van der Waals surface area contributed by atoms with Gasteiger partial charge in [0.15, 0.2) is 0 Å². The fraction of sp³-hybridized carbons (Fsp3) is 0.286. The Morgan fingerprint density at radius 1 is 1.20 bits per heavy atom. The number of hydrogen-bond donors (Lipinski definition) is 1. The number of ketones is 1. The summed E-state index contributed by atoms with van der Waals surface area (Å²) in [6.07, 6.45) is 3.64. The zero-order valence-corrected chi connectivity index (χ0v) is 17.9. The number of hydrogen-bond acceptors (Lipinski definition) is 6. The molecule has 7 nitrogen and oxygen atoms in total. The maximum Gasteiger partial charge on any atom is 0.295 e. The Morgan fingerprint density at radius 2 is 1.90 bits per heavy atom. The quantitative estimate of drug-likeness (QED) is 0.298. The van der Waals surface area contributed by atoms with E-state index in [9.17, 15) is 14.7 Å². The Hall–Kier alpha value is -2.61. The van der Waals surface area contributed by atoms with E-state index >= 15 is 0 Å². The van der Waals surface area contributed by atoms with Gasteiger partial charge in [-0.25, -0.2) is 0 Å². The number of aromatic nitrogens is 1. The molecular weight excluding hydrogens is 431 g/mol. The van der Waals surface area contributed by atoms with Gasteiger partial charge in [-0.1, -0.05) is 23.2 Å². The van der Waals surface area contributed by atoms with Gasteiger partial charge in [-0.15, -0.1) is 0 Å². The zero-order valence-electron chi connectivity index (χ0n) is 16.4. The van der Waals surface area contributed by atoms with Crippen LogP contribution in [-0.2, 0) is 14.3 Å². The molecule has 1 aromatic carbocycles. The van der Waals surface area contributed by atoms with E-state index in [1.165, 1.54) is 24.1 Å². The Morgan fingerprint density at radius 3 is 2.53 bits per heavy atom. The summed E-state index contributed by atoms with van der Waals surface area (Å²) in [5.41, 5.74) is 0.694. The molecule has 1 aliphatic rings. The van der Waals surface area contributed by atoms with Crippen molar-refractivity contribution in [3.05, 3.63) is 63.4 Å². The van der Waals surface area contributed by atoms with Gasteiger partial charge >= 0.3 is 0 Å². The molecule has 0 bridgehead atoms. The van der Waals surface area contributed by atoms with E-state index in [0.29, 0.717) is 18.6 Å². The Kier molecular flexibility index (Phi) is 6.97. The van der Waals surface area contributed by atoms with Crippen molar-refractivity contribution in [3.8, 4) is 5.75 Å². The van der Waals surface area contributed by atoms with Crippen LogP contribution < -0.4 is 4.74 Å². The number of halogens is 2. The van der Waals surface area contributed by atoms with Crippen LogP contribution in [0.1, 0.15) is 23.6 Å². The average molecular weight is 451 g/mol. The number of nitrogens with zero attached hydrogens (tertiary/aromatic N) is 2. The first-order chi connectivity index (χ1) is 14.4.